The minimum Gasteiger partial charge on any atom is -0.321 e. The Kier molecular flexibility index (Phi) is 4.08. The second-order valence-corrected chi connectivity index (χ2v) is 8.82. The number of carbonyl (C=O) groups is 2. The van der Waals surface area contributed by atoms with Crippen LogP contribution in [-0.2, 0) is 14.8 Å². The van der Waals surface area contributed by atoms with Gasteiger partial charge in [0.2, 0.25) is 5.12 Å². The van der Waals surface area contributed by atoms with Gasteiger partial charge in [-0.2, -0.15) is 0 Å². The normalized spacial score (nSPS) is 17.9. The SMILES string of the molecule is CN1C(=O)SC(=O)C1c1cccc2c1ccn2S(=O)(=O)c1ccc(F)cc1. The number of nitrogens with zero attached hydrogens (tertiary/aromatic N) is 2. The molecule has 2 heterocycles. The number of benzene rings is 2. The van der Waals surface area contributed by atoms with Crippen molar-refractivity contribution < 1.29 is 22.4 Å². The molecular weight excluding hydrogens is 391 g/mol. The summed E-state index contributed by atoms with van der Waals surface area (Å²) in [5, 5.41) is -0.0896. The zero-order valence-corrected chi connectivity index (χ0v) is 15.6. The topological polar surface area (TPSA) is 76.5 Å². The van der Waals surface area contributed by atoms with Crippen LogP contribution in [0.4, 0.5) is 9.18 Å². The number of likely N-dealkylation sites (N-methyl/N-ethyl adjacent to an activating group) is 1. The third kappa shape index (κ3) is 2.74. The fraction of sp³-hybridized carbons (Fsp3) is 0.111. The van der Waals surface area contributed by atoms with E-state index in [2.05, 4.69) is 0 Å². The third-order valence-corrected chi connectivity index (χ3v) is 7.07. The molecule has 1 unspecified atom stereocenters. The molecule has 1 aliphatic rings. The van der Waals surface area contributed by atoms with Gasteiger partial charge in [0.05, 0.1) is 10.4 Å². The van der Waals surface area contributed by atoms with Gasteiger partial charge in [-0.05, 0) is 42.0 Å². The summed E-state index contributed by atoms with van der Waals surface area (Å²) in [6, 6.07) is 10.4. The Morgan fingerprint density at radius 1 is 1.04 bits per heavy atom. The molecule has 0 radical (unpaired) electrons. The van der Waals surface area contributed by atoms with Crippen molar-refractivity contribution in [3.63, 3.8) is 0 Å². The number of carbonyl (C=O) groups excluding carboxylic acids is 2. The maximum atomic E-state index is 13.1. The highest BCUT2D eigenvalue weighted by Gasteiger charge is 2.39. The summed E-state index contributed by atoms with van der Waals surface area (Å²) >= 11 is 0.638. The number of rotatable bonds is 3. The van der Waals surface area contributed by atoms with Crippen LogP contribution in [0.25, 0.3) is 10.9 Å². The molecule has 138 valence electrons. The quantitative estimate of drug-likeness (QED) is 0.669. The van der Waals surface area contributed by atoms with E-state index in [1.165, 1.54) is 30.3 Å². The van der Waals surface area contributed by atoms with E-state index < -0.39 is 21.9 Å². The third-order valence-electron chi connectivity index (χ3n) is 4.48. The first kappa shape index (κ1) is 17.7. The van der Waals surface area contributed by atoms with Crippen molar-refractivity contribution in [3.05, 3.63) is 66.1 Å². The monoisotopic (exact) mass is 404 g/mol. The van der Waals surface area contributed by atoms with Gasteiger partial charge in [-0.3, -0.25) is 9.59 Å². The van der Waals surface area contributed by atoms with Gasteiger partial charge in [0.25, 0.3) is 15.3 Å². The number of hydrogen-bond donors (Lipinski definition) is 0. The van der Waals surface area contributed by atoms with Crippen molar-refractivity contribution in [1.29, 1.82) is 0 Å². The van der Waals surface area contributed by atoms with Crippen LogP contribution in [0.5, 0.6) is 0 Å². The first-order valence-electron chi connectivity index (χ1n) is 7.90. The molecule has 0 aliphatic carbocycles. The minimum atomic E-state index is -3.94. The van der Waals surface area contributed by atoms with Crippen molar-refractivity contribution in [2.24, 2.45) is 0 Å². The average Bonchev–Trinajstić information content (AvgIpc) is 3.17. The largest absolute Gasteiger partial charge is 0.321 e. The summed E-state index contributed by atoms with van der Waals surface area (Å²) in [5.74, 6) is -0.529. The lowest BCUT2D eigenvalue weighted by Gasteiger charge is -2.18. The Balaban J connectivity index is 1.88. The van der Waals surface area contributed by atoms with E-state index in [4.69, 9.17) is 0 Å². The van der Waals surface area contributed by atoms with Crippen LogP contribution >= 0.6 is 11.8 Å². The van der Waals surface area contributed by atoms with Crippen LogP contribution in [0.15, 0.2) is 59.6 Å². The maximum absolute atomic E-state index is 13.1. The van der Waals surface area contributed by atoms with E-state index in [0.717, 1.165) is 16.1 Å². The summed E-state index contributed by atoms with van der Waals surface area (Å²) in [5.41, 5.74) is 0.939. The fourth-order valence-corrected chi connectivity index (χ4v) is 5.31. The van der Waals surface area contributed by atoms with Crippen molar-refractivity contribution in [2.75, 3.05) is 7.05 Å². The van der Waals surface area contributed by atoms with E-state index >= 15 is 0 Å². The molecule has 0 N–H and O–H groups in total. The van der Waals surface area contributed by atoms with Gasteiger partial charge in [0, 0.05) is 30.4 Å². The number of halogens is 1. The van der Waals surface area contributed by atoms with Crippen molar-refractivity contribution in [1.82, 2.24) is 8.87 Å². The van der Waals surface area contributed by atoms with Gasteiger partial charge in [0.15, 0.2) is 0 Å². The highest BCUT2D eigenvalue weighted by molar-refractivity contribution is 8.26. The van der Waals surface area contributed by atoms with E-state index in [1.54, 1.807) is 24.3 Å². The zero-order valence-electron chi connectivity index (χ0n) is 14.0. The van der Waals surface area contributed by atoms with Gasteiger partial charge in [-0.1, -0.05) is 12.1 Å². The molecule has 1 aliphatic heterocycles. The van der Waals surface area contributed by atoms with Gasteiger partial charge in [-0.25, -0.2) is 16.8 Å². The molecule has 0 bridgehead atoms. The van der Waals surface area contributed by atoms with E-state index in [1.807, 2.05) is 0 Å². The van der Waals surface area contributed by atoms with Crippen molar-refractivity contribution in [3.8, 4) is 0 Å². The summed E-state index contributed by atoms with van der Waals surface area (Å²) < 4.78 is 40.1. The molecule has 1 saturated heterocycles. The number of fused-ring (bicyclic) bond motifs is 1. The van der Waals surface area contributed by atoms with Gasteiger partial charge < -0.3 is 4.90 Å². The predicted octanol–water partition coefficient (Wildman–Crippen LogP) is 3.38. The molecule has 1 amide bonds. The smallest absolute Gasteiger partial charge is 0.289 e. The summed E-state index contributed by atoms with van der Waals surface area (Å²) in [4.78, 5) is 25.3. The van der Waals surface area contributed by atoms with Crippen LogP contribution in [-0.4, -0.2) is 34.7 Å². The van der Waals surface area contributed by atoms with E-state index in [9.17, 15) is 22.4 Å². The summed E-state index contributed by atoms with van der Waals surface area (Å²) in [7, 11) is -2.40. The second-order valence-electron chi connectivity index (χ2n) is 6.05. The molecule has 2 aromatic carbocycles. The number of aromatic nitrogens is 1. The van der Waals surface area contributed by atoms with Crippen LogP contribution < -0.4 is 0 Å². The lowest BCUT2D eigenvalue weighted by Crippen LogP contribution is -2.23. The molecule has 27 heavy (non-hydrogen) atoms. The summed E-state index contributed by atoms with van der Waals surface area (Å²) in [6.45, 7) is 0. The molecular formula is C18H13FN2O4S2. The first-order chi connectivity index (χ1) is 12.8. The first-order valence-corrected chi connectivity index (χ1v) is 10.2. The summed E-state index contributed by atoms with van der Waals surface area (Å²) in [6.07, 6.45) is 1.39. The molecule has 1 atom stereocenters. The number of thioether (sulfide) groups is 1. The Labute approximate surface area is 158 Å². The highest BCUT2D eigenvalue weighted by atomic mass is 32.2. The molecule has 9 heteroatoms. The maximum Gasteiger partial charge on any atom is 0.289 e. The van der Waals surface area contributed by atoms with Crippen LogP contribution in [0.1, 0.15) is 11.6 Å². The van der Waals surface area contributed by atoms with Gasteiger partial charge >= 0.3 is 0 Å². The Bertz CT molecular complexity index is 1190. The molecule has 1 fully saturated rings. The Morgan fingerprint density at radius 2 is 1.74 bits per heavy atom. The standard InChI is InChI=1S/C18H13FN2O4S2/c1-20-16(17(22)26-18(20)23)14-3-2-4-15-13(14)9-10-21(15)27(24,25)12-7-5-11(19)6-8-12/h2-10,16H,1H3. The second kappa shape index (κ2) is 6.21. The van der Waals surface area contributed by atoms with Crippen LogP contribution in [0, 0.1) is 5.82 Å². The number of amides is 1. The molecule has 4 rings (SSSR count). The Hall–Kier alpha value is -2.65. The minimum absolute atomic E-state index is 0.0494. The predicted molar refractivity (Wildman–Crippen MR) is 99.4 cm³/mol. The zero-order chi connectivity index (χ0) is 19.3. The fourth-order valence-electron chi connectivity index (χ4n) is 3.15. The number of hydrogen-bond acceptors (Lipinski definition) is 5. The van der Waals surface area contributed by atoms with E-state index in [0.29, 0.717) is 28.2 Å². The molecule has 3 aromatic rings. The Morgan fingerprint density at radius 3 is 2.37 bits per heavy atom. The lowest BCUT2D eigenvalue weighted by atomic mass is 10.0. The van der Waals surface area contributed by atoms with Crippen molar-refractivity contribution >= 4 is 43.0 Å². The van der Waals surface area contributed by atoms with Gasteiger partial charge in [0.1, 0.15) is 11.9 Å². The van der Waals surface area contributed by atoms with Crippen LogP contribution in [0.3, 0.4) is 0 Å². The highest BCUT2D eigenvalue weighted by Crippen LogP contribution is 2.38. The van der Waals surface area contributed by atoms with Crippen molar-refractivity contribution in [2.45, 2.75) is 10.9 Å². The molecule has 1 aromatic heterocycles. The molecule has 6 nitrogen and oxygen atoms in total. The molecule has 0 spiro atoms. The van der Waals surface area contributed by atoms with Crippen LogP contribution in [0.2, 0.25) is 0 Å². The van der Waals surface area contributed by atoms with E-state index in [-0.39, 0.29) is 15.2 Å². The molecule has 0 saturated carbocycles. The lowest BCUT2D eigenvalue weighted by molar-refractivity contribution is -0.113. The average molecular weight is 404 g/mol. The van der Waals surface area contributed by atoms with Gasteiger partial charge in [-0.15, -0.1) is 0 Å².